The molecule has 0 radical (unpaired) electrons. The predicted molar refractivity (Wildman–Crippen MR) is 73.7 cm³/mol. The van der Waals surface area contributed by atoms with Gasteiger partial charge in [0.05, 0.1) is 22.7 Å². The number of nitrogens with two attached hydrogens (primary N) is 1. The van der Waals surface area contributed by atoms with Crippen LogP contribution >= 0.6 is 11.6 Å². The Bertz CT molecular complexity index is 485. The second kappa shape index (κ2) is 5.36. The molecule has 5 nitrogen and oxygen atoms in total. The summed E-state index contributed by atoms with van der Waals surface area (Å²) in [4.78, 5) is 12.8. The van der Waals surface area contributed by atoms with E-state index in [1.54, 1.807) is 25.1 Å². The van der Waals surface area contributed by atoms with E-state index in [1.165, 1.54) is 0 Å². The number of hydrogen-bond donors (Lipinski definition) is 3. The van der Waals surface area contributed by atoms with Crippen LogP contribution < -0.4 is 10.6 Å². The summed E-state index contributed by atoms with van der Waals surface area (Å²) in [5.41, 5.74) is 7.19. The molecule has 3 atom stereocenters. The minimum absolute atomic E-state index is 0.284. The molecular formula is C13H17ClN2O3. The molecule has 0 spiro atoms. The molecule has 1 aliphatic heterocycles. The molecule has 104 valence electrons. The van der Waals surface area contributed by atoms with Crippen molar-refractivity contribution in [3.8, 4) is 0 Å². The number of aliphatic carboxylic acids is 1. The summed E-state index contributed by atoms with van der Waals surface area (Å²) in [5.74, 6) is -1.49. The summed E-state index contributed by atoms with van der Waals surface area (Å²) in [5, 5.41) is 19.1. The molecule has 0 aromatic heterocycles. The number of aliphatic hydroxyl groups excluding tert-OH is 1. The molecule has 1 heterocycles. The predicted octanol–water partition coefficient (Wildman–Crippen LogP) is 1.04. The third-order valence-electron chi connectivity index (χ3n) is 3.52. The second-order valence-corrected chi connectivity index (χ2v) is 5.31. The average Bonchev–Trinajstić information content (AvgIpc) is 2.68. The van der Waals surface area contributed by atoms with Gasteiger partial charge in [-0.2, -0.15) is 0 Å². The number of carboxylic acid groups (broad SMARTS) is 1. The Kier molecular flexibility index (Phi) is 3.99. The zero-order valence-electron chi connectivity index (χ0n) is 10.6. The molecule has 0 saturated carbocycles. The summed E-state index contributed by atoms with van der Waals surface area (Å²) < 4.78 is 0. The van der Waals surface area contributed by atoms with Crippen molar-refractivity contribution in [2.75, 3.05) is 18.0 Å². The molecular weight excluding hydrogens is 268 g/mol. The van der Waals surface area contributed by atoms with Crippen molar-refractivity contribution in [3.05, 3.63) is 28.8 Å². The van der Waals surface area contributed by atoms with Crippen molar-refractivity contribution in [2.45, 2.75) is 25.0 Å². The van der Waals surface area contributed by atoms with E-state index >= 15 is 0 Å². The SMILES string of the molecule is CC(C(=O)O)c1ccc(N2CC(N)C(O)C2)c(Cl)c1. The highest BCUT2D eigenvalue weighted by Gasteiger charge is 2.29. The number of rotatable bonds is 3. The van der Waals surface area contributed by atoms with Crippen LogP contribution in [-0.2, 0) is 4.79 Å². The lowest BCUT2D eigenvalue weighted by atomic mass is 10.0. The van der Waals surface area contributed by atoms with Crippen LogP contribution in [0.25, 0.3) is 0 Å². The minimum atomic E-state index is -0.887. The summed E-state index contributed by atoms with van der Waals surface area (Å²) in [7, 11) is 0. The van der Waals surface area contributed by atoms with Crippen LogP contribution in [0.2, 0.25) is 5.02 Å². The third-order valence-corrected chi connectivity index (χ3v) is 3.82. The van der Waals surface area contributed by atoms with Gasteiger partial charge in [0.15, 0.2) is 0 Å². The Hall–Kier alpha value is -1.30. The van der Waals surface area contributed by atoms with Crippen LogP contribution in [0, 0.1) is 0 Å². The van der Waals surface area contributed by atoms with Gasteiger partial charge < -0.3 is 20.8 Å². The molecule has 0 amide bonds. The molecule has 6 heteroatoms. The normalized spacial score (nSPS) is 24.5. The van der Waals surface area contributed by atoms with Gasteiger partial charge in [-0.1, -0.05) is 17.7 Å². The van der Waals surface area contributed by atoms with Crippen LogP contribution in [0.4, 0.5) is 5.69 Å². The fraction of sp³-hybridized carbons (Fsp3) is 0.462. The molecule has 4 N–H and O–H groups in total. The minimum Gasteiger partial charge on any atom is -0.481 e. The lowest BCUT2D eigenvalue weighted by molar-refractivity contribution is -0.138. The average molecular weight is 285 g/mol. The fourth-order valence-electron chi connectivity index (χ4n) is 2.20. The Balaban J connectivity index is 2.23. The molecule has 2 rings (SSSR count). The maximum atomic E-state index is 10.9. The molecule has 3 unspecified atom stereocenters. The van der Waals surface area contributed by atoms with E-state index < -0.39 is 18.0 Å². The Labute approximate surface area is 116 Å². The number of benzene rings is 1. The highest BCUT2D eigenvalue weighted by atomic mass is 35.5. The molecule has 1 aromatic rings. The van der Waals surface area contributed by atoms with Crippen molar-refractivity contribution in [3.63, 3.8) is 0 Å². The number of carbonyl (C=O) groups is 1. The lowest BCUT2D eigenvalue weighted by Gasteiger charge is -2.20. The van der Waals surface area contributed by atoms with Gasteiger partial charge in [0, 0.05) is 19.1 Å². The Morgan fingerprint density at radius 3 is 2.68 bits per heavy atom. The quantitative estimate of drug-likeness (QED) is 0.772. The number of aliphatic hydroxyl groups is 1. The van der Waals surface area contributed by atoms with E-state index in [4.69, 9.17) is 22.4 Å². The van der Waals surface area contributed by atoms with Gasteiger partial charge in [0.25, 0.3) is 0 Å². The number of carboxylic acids is 1. The van der Waals surface area contributed by atoms with Crippen LogP contribution in [0.5, 0.6) is 0 Å². The first-order chi connectivity index (χ1) is 8.90. The highest BCUT2D eigenvalue weighted by molar-refractivity contribution is 6.33. The maximum absolute atomic E-state index is 10.9. The van der Waals surface area contributed by atoms with Crippen molar-refractivity contribution in [1.82, 2.24) is 0 Å². The monoisotopic (exact) mass is 284 g/mol. The fourth-order valence-corrected chi connectivity index (χ4v) is 2.51. The number of anilines is 1. The van der Waals surface area contributed by atoms with Crippen LogP contribution in [0.1, 0.15) is 18.4 Å². The topological polar surface area (TPSA) is 86.8 Å². The van der Waals surface area contributed by atoms with Gasteiger partial charge in [-0.25, -0.2) is 0 Å². The van der Waals surface area contributed by atoms with E-state index in [-0.39, 0.29) is 6.04 Å². The van der Waals surface area contributed by atoms with Gasteiger partial charge in [-0.05, 0) is 24.6 Å². The summed E-state index contributed by atoms with van der Waals surface area (Å²) in [6, 6.07) is 4.90. The number of nitrogens with zero attached hydrogens (tertiary/aromatic N) is 1. The van der Waals surface area contributed by atoms with Crippen LogP contribution in [0.15, 0.2) is 18.2 Å². The van der Waals surface area contributed by atoms with Crippen LogP contribution in [-0.4, -0.2) is 41.4 Å². The first-order valence-electron chi connectivity index (χ1n) is 6.11. The molecule has 0 bridgehead atoms. The third kappa shape index (κ3) is 2.83. The lowest BCUT2D eigenvalue weighted by Crippen LogP contribution is -2.32. The van der Waals surface area contributed by atoms with E-state index in [0.717, 1.165) is 5.69 Å². The summed E-state index contributed by atoms with van der Waals surface area (Å²) in [6.07, 6.45) is -0.561. The zero-order valence-corrected chi connectivity index (χ0v) is 11.3. The molecule has 1 aliphatic rings. The van der Waals surface area contributed by atoms with Gasteiger partial charge in [0.1, 0.15) is 0 Å². The molecule has 1 aromatic carbocycles. The van der Waals surface area contributed by atoms with Crippen molar-refractivity contribution in [2.24, 2.45) is 5.73 Å². The van der Waals surface area contributed by atoms with E-state index in [1.807, 2.05) is 4.90 Å². The Morgan fingerprint density at radius 2 is 2.21 bits per heavy atom. The largest absolute Gasteiger partial charge is 0.481 e. The summed E-state index contributed by atoms with van der Waals surface area (Å²) >= 11 is 6.20. The number of halogens is 1. The standard InChI is InChI=1S/C13H17ClN2O3/c1-7(13(18)19)8-2-3-11(9(14)4-8)16-5-10(15)12(17)6-16/h2-4,7,10,12,17H,5-6,15H2,1H3,(H,18,19). The van der Waals surface area contributed by atoms with Gasteiger partial charge in [-0.15, -0.1) is 0 Å². The van der Waals surface area contributed by atoms with Gasteiger partial charge >= 0.3 is 5.97 Å². The first kappa shape index (κ1) is 14.1. The zero-order chi connectivity index (χ0) is 14.2. The molecule has 0 aliphatic carbocycles. The summed E-state index contributed by atoms with van der Waals surface area (Å²) in [6.45, 7) is 2.59. The highest BCUT2D eigenvalue weighted by Crippen LogP contribution is 2.31. The van der Waals surface area contributed by atoms with E-state index in [9.17, 15) is 9.90 Å². The maximum Gasteiger partial charge on any atom is 0.310 e. The van der Waals surface area contributed by atoms with Gasteiger partial charge in [-0.3, -0.25) is 4.79 Å². The smallest absolute Gasteiger partial charge is 0.310 e. The molecule has 19 heavy (non-hydrogen) atoms. The van der Waals surface area contributed by atoms with Crippen LogP contribution in [0.3, 0.4) is 0 Å². The number of β-amino-alcohol motifs (C(OH)–C–C–N with tert-alkyl or cyclic N) is 1. The van der Waals surface area contributed by atoms with E-state index in [0.29, 0.717) is 23.7 Å². The molecule has 1 fully saturated rings. The first-order valence-corrected chi connectivity index (χ1v) is 6.48. The molecule has 1 saturated heterocycles. The van der Waals surface area contributed by atoms with Crippen molar-refractivity contribution >= 4 is 23.3 Å². The van der Waals surface area contributed by atoms with Crippen molar-refractivity contribution in [1.29, 1.82) is 0 Å². The Morgan fingerprint density at radius 1 is 1.53 bits per heavy atom. The number of hydrogen-bond acceptors (Lipinski definition) is 4. The van der Waals surface area contributed by atoms with Crippen molar-refractivity contribution < 1.29 is 15.0 Å². The second-order valence-electron chi connectivity index (χ2n) is 4.91. The van der Waals surface area contributed by atoms with E-state index in [2.05, 4.69) is 0 Å². The van der Waals surface area contributed by atoms with Gasteiger partial charge in [0.2, 0.25) is 0 Å².